The van der Waals surface area contributed by atoms with Crippen molar-refractivity contribution >= 4 is 52.5 Å². The molecule has 0 aliphatic carbocycles. The van der Waals surface area contributed by atoms with Crippen LogP contribution in [-0.2, 0) is 10.3 Å². The van der Waals surface area contributed by atoms with E-state index in [1.54, 1.807) is 31.2 Å². The number of rotatable bonds is 4. The molecule has 1 saturated heterocycles. The Balaban J connectivity index is 1.84. The minimum atomic E-state index is -1.26. The topological polar surface area (TPSA) is 66.5 Å². The van der Waals surface area contributed by atoms with Crippen molar-refractivity contribution in [3.63, 3.8) is 0 Å². The van der Waals surface area contributed by atoms with Crippen molar-refractivity contribution in [3.05, 3.63) is 68.7 Å². The number of Topliss-reactive ketones (excluding diaryl/α,β-unsaturated/α-hetero) is 1. The fourth-order valence-electron chi connectivity index (χ4n) is 2.72. The first-order valence-corrected chi connectivity index (χ1v) is 8.74. The van der Waals surface area contributed by atoms with E-state index in [0.717, 1.165) is 4.90 Å². The first-order valence-electron chi connectivity index (χ1n) is 7.61. The lowest BCUT2D eigenvalue weighted by Gasteiger charge is -2.22. The van der Waals surface area contributed by atoms with Gasteiger partial charge >= 0.3 is 6.03 Å². The Morgan fingerprint density at radius 1 is 1.04 bits per heavy atom. The van der Waals surface area contributed by atoms with Crippen molar-refractivity contribution in [3.8, 4) is 0 Å². The van der Waals surface area contributed by atoms with Gasteiger partial charge in [-0.25, -0.2) is 4.79 Å². The second-order valence-electron chi connectivity index (χ2n) is 6.01. The summed E-state index contributed by atoms with van der Waals surface area (Å²) in [6.07, 6.45) is 0. The predicted octanol–water partition coefficient (Wildman–Crippen LogP) is 4.30. The quantitative estimate of drug-likeness (QED) is 0.602. The van der Waals surface area contributed by atoms with Crippen molar-refractivity contribution in [2.45, 2.75) is 12.5 Å². The Morgan fingerprint density at radius 2 is 1.69 bits per heavy atom. The summed E-state index contributed by atoms with van der Waals surface area (Å²) in [7, 11) is 0. The summed E-state index contributed by atoms with van der Waals surface area (Å²) in [6.45, 7) is 1.19. The molecule has 1 aliphatic heterocycles. The van der Waals surface area contributed by atoms with E-state index in [-0.39, 0.29) is 10.6 Å². The van der Waals surface area contributed by atoms with E-state index in [2.05, 4.69) is 5.32 Å². The molecule has 0 spiro atoms. The number of carbonyl (C=O) groups excluding carboxylic acids is 3. The molecule has 0 aromatic heterocycles. The smallest absolute Gasteiger partial charge is 0.319 e. The number of nitrogens with zero attached hydrogens (tertiary/aromatic N) is 1. The van der Waals surface area contributed by atoms with Gasteiger partial charge in [-0.3, -0.25) is 14.5 Å². The van der Waals surface area contributed by atoms with Crippen LogP contribution in [0.2, 0.25) is 15.1 Å². The van der Waals surface area contributed by atoms with E-state index < -0.39 is 29.8 Å². The molecule has 5 nitrogen and oxygen atoms in total. The number of halogens is 3. The number of urea groups is 1. The van der Waals surface area contributed by atoms with Gasteiger partial charge in [0.2, 0.25) is 0 Å². The Kier molecular flexibility index (Phi) is 4.97. The molecule has 1 heterocycles. The van der Waals surface area contributed by atoms with Gasteiger partial charge in [-0.1, -0.05) is 46.9 Å². The van der Waals surface area contributed by atoms with E-state index >= 15 is 0 Å². The molecule has 2 aromatic rings. The van der Waals surface area contributed by atoms with E-state index in [0.29, 0.717) is 15.6 Å². The molecule has 1 atom stereocenters. The van der Waals surface area contributed by atoms with Crippen molar-refractivity contribution in [1.82, 2.24) is 10.2 Å². The van der Waals surface area contributed by atoms with Gasteiger partial charge in [0, 0.05) is 10.6 Å². The van der Waals surface area contributed by atoms with Gasteiger partial charge in [0.05, 0.1) is 16.6 Å². The van der Waals surface area contributed by atoms with Gasteiger partial charge in [-0.05, 0) is 42.8 Å². The van der Waals surface area contributed by atoms with Crippen LogP contribution in [0, 0.1) is 0 Å². The molecule has 0 radical (unpaired) electrons. The lowest BCUT2D eigenvalue weighted by Crippen LogP contribution is -2.41. The maximum absolute atomic E-state index is 12.8. The minimum absolute atomic E-state index is 0.223. The standard InChI is InChI=1S/C18H13Cl3N2O3/c1-18(11-3-5-12(19)6-4-11)16(25)23(17(26)22-18)9-15(24)10-2-7-13(20)14(21)8-10/h2-8H,9H2,1H3,(H,22,26). The predicted molar refractivity (Wildman–Crippen MR) is 99.8 cm³/mol. The van der Waals surface area contributed by atoms with Crippen LogP contribution in [0.25, 0.3) is 0 Å². The Bertz CT molecular complexity index is 914. The third-order valence-corrected chi connectivity index (χ3v) is 5.23. The van der Waals surface area contributed by atoms with Crippen LogP contribution in [0.15, 0.2) is 42.5 Å². The zero-order chi connectivity index (χ0) is 19.1. The number of ketones is 1. The Hall–Kier alpha value is -2.08. The molecule has 0 bridgehead atoms. The number of nitrogens with one attached hydrogen (secondary N) is 1. The normalized spacial score (nSPS) is 19.6. The number of imide groups is 1. The average molecular weight is 412 g/mol. The molecule has 3 amide bonds. The lowest BCUT2D eigenvalue weighted by atomic mass is 9.92. The van der Waals surface area contributed by atoms with E-state index in [9.17, 15) is 14.4 Å². The molecular weight excluding hydrogens is 399 g/mol. The molecule has 3 rings (SSSR count). The van der Waals surface area contributed by atoms with Crippen molar-refractivity contribution in [2.24, 2.45) is 0 Å². The summed E-state index contributed by atoms with van der Waals surface area (Å²) >= 11 is 17.6. The van der Waals surface area contributed by atoms with Crippen LogP contribution >= 0.6 is 34.8 Å². The number of amides is 3. The van der Waals surface area contributed by atoms with E-state index in [1.807, 2.05) is 0 Å². The molecule has 0 saturated carbocycles. The zero-order valence-electron chi connectivity index (χ0n) is 13.6. The van der Waals surface area contributed by atoms with Crippen LogP contribution in [-0.4, -0.2) is 29.2 Å². The molecule has 8 heteroatoms. The van der Waals surface area contributed by atoms with Gasteiger partial charge in [-0.15, -0.1) is 0 Å². The molecule has 1 fully saturated rings. The third kappa shape index (κ3) is 3.30. The fourth-order valence-corrected chi connectivity index (χ4v) is 3.15. The molecule has 2 aromatic carbocycles. The molecule has 134 valence electrons. The van der Waals surface area contributed by atoms with Crippen LogP contribution in [0.4, 0.5) is 4.79 Å². The highest BCUT2D eigenvalue weighted by Gasteiger charge is 2.49. The molecule has 1 unspecified atom stereocenters. The first-order chi connectivity index (χ1) is 12.2. The maximum Gasteiger partial charge on any atom is 0.325 e. The Labute approximate surface area is 164 Å². The van der Waals surface area contributed by atoms with Gasteiger partial charge in [-0.2, -0.15) is 0 Å². The Morgan fingerprint density at radius 3 is 2.31 bits per heavy atom. The van der Waals surface area contributed by atoms with Gasteiger partial charge in [0.15, 0.2) is 5.78 Å². The summed E-state index contributed by atoms with van der Waals surface area (Å²) < 4.78 is 0. The highest BCUT2D eigenvalue weighted by Crippen LogP contribution is 2.30. The zero-order valence-corrected chi connectivity index (χ0v) is 15.8. The first kappa shape index (κ1) is 18.7. The molecular formula is C18H13Cl3N2O3. The summed E-state index contributed by atoms with van der Waals surface area (Å²) in [5, 5.41) is 3.69. The summed E-state index contributed by atoms with van der Waals surface area (Å²) in [5.74, 6) is -0.939. The third-order valence-electron chi connectivity index (χ3n) is 4.24. The average Bonchev–Trinajstić information content (AvgIpc) is 2.82. The van der Waals surface area contributed by atoms with Crippen molar-refractivity contribution in [2.75, 3.05) is 6.54 Å². The lowest BCUT2D eigenvalue weighted by molar-refractivity contribution is -0.130. The minimum Gasteiger partial charge on any atom is -0.319 e. The highest BCUT2D eigenvalue weighted by molar-refractivity contribution is 6.42. The second-order valence-corrected chi connectivity index (χ2v) is 7.26. The molecule has 1 N–H and O–H groups in total. The molecule has 26 heavy (non-hydrogen) atoms. The summed E-state index contributed by atoms with van der Waals surface area (Å²) in [6, 6.07) is 10.3. The van der Waals surface area contributed by atoms with Crippen LogP contribution < -0.4 is 5.32 Å². The fraction of sp³-hybridized carbons (Fsp3) is 0.167. The van der Waals surface area contributed by atoms with Crippen molar-refractivity contribution in [1.29, 1.82) is 0 Å². The largest absolute Gasteiger partial charge is 0.325 e. The van der Waals surface area contributed by atoms with Gasteiger partial charge in [0.25, 0.3) is 5.91 Å². The molecule has 1 aliphatic rings. The van der Waals surface area contributed by atoms with Gasteiger partial charge < -0.3 is 5.32 Å². The number of hydrogen-bond acceptors (Lipinski definition) is 3. The SMILES string of the molecule is CC1(c2ccc(Cl)cc2)NC(=O)N(CC(=O)c2ccc(Cl)c(Cl)c2)C1=O. The monoisotopic (exact) mass is 410 g/mol. The second kappa shape index (κ2) is 6.91. The van der Waals surface area contributed by atoms with Crippen LogP contribution in [0.3, 0.4) is 0 Å². The highest BCUT2D eigenvalue weighted by atomic mass is 35.5. The van der Waals surface area contributed by atoms with E-state index in [4.69, 9.17) is 34.8 Å². The van der Waals surface area contributed by atoms with Crippen LogP contribution in [0.1, 0.15) is 22.8 Å². The summed E-state index contributed by atoms with van der Waals surface area (Å²) in [5.41, 5.74) is -0.426. The number of hydrogen-bond donors (Lipinski definition) is 1. The van der Waals surface area contributed by atoms with E-state index in [1.165, 1.54) is 18.2 Å². The number of benzene rings is 2. The van der Waals surface area contributed by atoms with Crippen molar-refractivity contribution < 1.29 is 14.4 Å². The van der Waals surface area contributed by atoms with Crippen LogP contribution in [0.5, 0.6) is 0 Å². The number of carbonyl (C=O) groups is 3. The maximum atomic E-state index is 12.8. The van der Waals surface area contributed by atoms with Gasteiger partial charge in [0.1, 0.15) is 5.54 Å². The summed E-state index contributed by atoms with van der Waals surface area (Å²) in [4.78, 5) is 38.5.